The van der Waals surface area contributed by atoms with Crippen LogP contribution in [0.5, 0.6) is 0 Å². The minimum Gasteiger partial charge on any atom is -0.477 e. The lowest BCUT2D eigenvalue weighted by Gasteiger charge is -2.17. The van der Waals surface area contributed by atoms with Gasteiger partial charge in [-0.2, -0.15) is 0 Å². The van der Waals surface area contributed by atoms with E-state index in [0.29, 0.717) is 0 Å². The Bertz CT molecular complexity index is 533. The summed E-state index contributed by atoms with van der Waals surface area (Å²) in [5, 5.41) is 11.7. The number of carbonyl (C=O) groups excluding carboxylic acids is 2. The van der Waals surface area contributed by atoms with Gasteiger partial charge in [0.15, 0.2) is 0 Å². The van der Waals surface area contributed by atoms with Crippen molar-refractivity contribution in [2.75, 3.05) is 13.6 Å². The zero-order valence-corrected chi connectivity index (χ0v) is 11.2. The first-order valence-electron chi connectivity index (χ1n) is 6.39. The van der Waals surface area contributed by atoms with Crippen molar-refractivity contribution in [1.82, 2.24) is 14.8 Å². The van der Waals surface area contributed by atoms with Crippen LogP contribution in [0, 0.1) is 0 Å². The molecule has 1 aromatic heterocycles. The number of amides is 2. The van der Waals surface area contributed by atoms with E-state index in [2.05, 4.69) is 5.32 Å². The molecule has 2 N–H and O–H groups in total. The number of carboxylic acids is 1. The first-order valence-corrected chi connectivity index (χ1v) is 6.39. The molecule has 7 nitrogen and oxygen atoms in total. The summed E-state index contributed by atoms with van der Waals surface area (Å²) in [7, 11) is 1.53. The fourth-order valence-corrected chi connectivity index (χ4v) is 1.82. The fraction of sp³-hybridized carbons (Fsp3) is 0.462. The fourth-order valence-electron chi connectivity index (χ4n) is 1.82. The molecule has 0 aromatic carbocycles. The summed E-state index contributed by atoms with van der Waals surface area (Å²) in [6, 6.07) is 3.25. The Morgan fingerprint density at radius 2 is 2.15 bits per heavy atom. The molecule has 1 saturated carbocycles. The Labute approximate surface area is 116 Å². The molecule has 0 saturated heterocycles. The van der Waals surface area contributed by atoms with Crippen molar-refractivity contribution in [3.05, 3.63) is 24.0 Å². The summed E-state index contributed by atoms with van der Waals surface area (Å²) < 4.78 is 1.35. The van der Waals surface area contributed by atoms with Crippen molar-refractivity contribution in [2.24, 2.45) is 0 Å². The van der Waals surface area contributed by atoms with Gasteiger partial charge in [-0.3, -0.25) is 9.59 Å². The van der Waals surface area contributed by atoms with Gasteiger partial charge in [0.2, 0.25) is 11.8 Å². The molecular formula is C13H17N3O4. The van der Waals surface area contributed by atoms with Crippen molar-refractivity contribution < 1.29 is 19.5 Å². The zero-order chi connectivity index (χ0) is 14.7. The normalized spacial score (nSPS) is 13.8. The molecule has 0 radical (unpaired) electrons. The van der Waals surface area contributed by atoms with Crippen LogP contribution in [-0.4, -0.2) is 52.0 Å². The molecule has 2 rings (SSSR count). The lowest BCUT2D eigenvalue weighted by Crippen LogP contribution is -2.40. The number of hydrogen-bond donors (Lipinski definition) is 2. The second-order valence-electron chi connectivity index (χ2n) is 4.92. The maximum Gasteiger partial charge on any atom is 0.352 e. The van der Waals surface area contributed by atoms with Gasteiger partial charge < -0.3 is 19.9 Å². The monoisotopic (exact) mass is 279 g/mol. The predicted molar refractivity (Wildman–Crippen MR) is 70.2 cm³/mol. The third-order valence-corrected chi connectivity index (χ3v) is 3.10. The Balaban J connectivity index is 1.88. The van der Waals surface area contributed by atoms with Gasteiger partial charge >= 0.3 is 5.97 Å². The van der Waals surface area contributed by atoms with Crippen molar-refractivity contribution >= 4 is 17.8 Å². The topological polar surface area (TPSA) is 91.6 Å². The van der Waals surface area contributed by atoms with Crippen molar-refractivity contribution in [3.8, 4) is 0 Å². The highest BCUT2D eigenvalue weighted by Crippen LogP contribution is 2.18. The number of carboxylic acid groups (broad SMARTS) is 1. The Hall–Kier alpha value is -2.31. The average molecular weight is 279 g/mol. The Morgan fingerprint density at radius 1 is 1.45 bits per heavy atom. The highest BCUT2D eigenvalue weighted by atomic mass is 16.4. The summed E-state index contributed by atoms with van der Waals surface area (Å²) in [4.78, 5) is 35.8. The van der Waals surface area contributed by atoms with Crippen molar-refractivity contribution in [3.63, 3.8) is 0 Å². The lowest BCUT2D eigenvalue weighted by molar-refractivity contribution is -0.135. The zero-order valence-electron chi connectivity index (χ0n) is 11.2. The Kier molecular flexibility index (Phi) is 4.07. The number of aromatic nitrogens is 1. The van der Waals surface area contributed by atoms with Gasteiger partial charge in [-0.05, 0) is 25.0 Å². The second-order valence-corrected chi connectivity index (χ2v) is 4.92. The molecule has 7 heteroatoms. The van der Waals surface area contributed by atoms with Gasteiger partial charge in [0.25, 0.3) is 0 Å². The largest absolute Gasteiger partial charge is 0.477 e. The minimum absolute atomic E-state index is 0.0149. The highest BCUT2D eigenvalue weighted by Gasteiger charge is 2.24. The van der Waals surface area contributed by atoms with E-state index in [0.717, 1.165) is 12.8 Å². The number of nitrogens with one attached hydrogen (secondary N) is 1. The van der Waals surface area contributed by atoms with E-state index < -0.39 is 5.97 Å². The van der Waals surface area contributed by atoms with Crippen LogP contribution < -0.4 is 5.32 Å². The molecule has 0 atom stereocenters. The summed E-state index contributed by atoms with van der Waals surface area (Å²) >= 11 is 0. The maximum absolute atomic E-state index is 12.0. The standard InChI is InChI=1S/C13H17N3O4/c1-15(7-11(17)14-9-4-5-9)12(18)8-16-6-2-3-10(16)13(19)20/h2-3,6,9H,4-5,7-8H2,1H3,(H,14,17)(H,19,20). The van der Waals surface area contributed by atoms with E-state index in [1.807, 2.05) is 0 Å². The van der Waals surface area contributed by atoms with Gasteiger partial charge in [0.05, 0.1) is 6.54 Å². The molecule has 108 valence electrons. The number of nitrogens with zero attached hydrogens (tertiary/aromatic N) is 2. The predicted octanol–water partition coefficient (Wildman–Crippen LogP) is -0.0767. The minimum atomic E-state index is -1.09. The van der Waals surface area contributed by atoms with Gasteiger partial charge in [0, 0.05) is 19.3 Å². The van der Waals surface area contributed by atoms with Crippen LogP contribution in [0.25, 0.3) is 0 Å². The van der Waals surface area contributed by atoms with Crippen molar-refractivity contribution in [1.29, 1.82) is 0 Å². The number of aromatic carboxylic acids is 1. The molecule has 1 aliphatic rings. The summed E-state index contributed by atoms with van der Waals surface area (Å²) in [5.74, 6) is -1.58. The van der Waals surface area contributed by atoms with Crippen LogP contribution in [0.15, 0.2) is 18.3 Å². The lowest BCUT2D eigenvalue weighted by atomic mass is 10.4. The van der Waals surface area contributed by atoms with Crippen LogP contribution >= 0.6 is 0 Å². The molecule has 1 aliphatic carbocycles. The van der Waals surface area contributed by atoms with E-state index in [9.17, 15) is 14.4 Å². The molecule has 2 amide bonds. The van der Waals surface area contributed by atoms with E-state index >= 15 is 0 Å². The molecular weight excluding hydrogens is 262 g/mol. The molecule has 1 aromatic rings. The van der Waals surface area contributed by atoms with E-state index in [1.165, 1.54) is 28.8 Å². The van der Waals surface area contributed by atoms with Gasteiger partial charge in [-0.15, -0.1) is 0 Å². The number of likely N-dealkylation sites (N-methyl/N-ethyl adjacent to an activating group) is 1. The molecule has 1 fully saturated rings. The first-order chi connectivity index (χ1) is 9.47. The molecule has 1 heterocycles. The highest BCUT2D eigenvalue weighted by molar-refractivity contribution is 5.88. The molecule has 0 bridgehead atoms. The number of carbonyl (C=O) groups is 3. The second kappa shape index (κ2) is 5.77. The van der Waals surface area contributed by atoms with E-state index in [-0.39, 0.29) is 36.6 Å². The van der Waals surface area contributed by atoms with Crippen LogP contribution in [-0.2, 0) is 16.1 Å². The average Bonchev–Trinajstić information content (AvgIpc) is 3.04. The third kappa shape index (κ3) is 3.59. The molecule has 20 heavy (non-hydrogen) atoms. The van der Waals surface area contributed by atoms with Crippen molar-refractivity contribution in [2.45, 2.75) is 25.4 Å². The maximum atomic E-state index is 12.0. The van der Waals surface area contributed by atoms with Gasteiger partial charge in [0.1, 0.15) is 12.2 Å². The first kappa shape index (κ1) is 14.1. The van der Waals surface area contributed by atoms with E-state index in [1.54, 1.807) is 6.07 Å². The van der Waals surface area contributed by atoms with Crippen LogP contribution in [0.1, 0.15) is 23.3 Å². The molecule has 0 spiro atoms. The molecule has 0 aliphatic heterocycles. The van der Waals surface area contributed by atoms with Crippen LogP contribution in [0.2, 0.25) is 0 Å². The SMILES string of the molecule is CN(CC(=O)NC1CC1)C(=O)Cn1cccc1C(=O)O. The number of rotatable bonds is 6. The summed E-state index contributed by atoms with van der Waals surface area (Å²) in [6.45, 7) is -0.110. The number of hydrogen-bond acceptors (Lipinski definition) is 3. The third-order valence-electron chi connectivity index (χ3n) is 3.10. The summed E-state index contributed by atoms with van der Waals surface area (Å²) in [5.41, 5.74) is 0.0502. The quantitative estimate of drug-likeness (QED) is 0.762. The van der Waals surface area contributed by atoms with E-state index in [4.69, 9.17) is 5.11 Å². The smallest absolute Gasteiger partial charge is 0.352 e. The van der Waals surface area contributed by atoms with Gasteiger partial charge in [-0.1, -0.05) is 0 Å². The van der Waals surface area contributed by atoms with Crippen LogP contribution in [0.3, 0.4) is 0 Å². The van der Waals surface area contributed by atoms with Crippen LogP contribution in [0.4, 0.5) is 0 Å². The summed E-state index contributed by atoms with van der Waals surface area (Å²) in [6.07, 6.45) is 3.52. The van der Waals surface area contributed by atoms with Gasteiger partial charge in [-0.25, -0.2) is 4.79 Å². The Morgan fingerprint density at radius 3 is 2.75 bits per heavy atom. The molecule has 0 unspecified atom stereocenters.